The van der Waals surface area contributed by atoms with Crippen LogP contribution in [0.4, 0.5) is 4.79 Å². The van der Waals surface area contributed by atoms with Gasteiger partial charge in [0.05, 0.1) is 12.7 Å². The summed E-state index contributed by atoms with van der Waals surface area (Å²) in [5.74, 6) is -1.08. The van der Waals surface area contributed by atoms with Crippen LogP contribution in [0.2, 0.25) is 0 Å². The Labute approximate surface area is 136 Å². The number of nitrogens with one attached hydrogen (secondary N) is 2. The number of carbonyl (C=O) groups excluding carboxylic acids is 3. The Hall–Kier alpha value is -2.09. The Morgan fingerprint density at radius 3 is 2.27 bits per heavy atom. The third-order valence-corrected chi connectivity index (χ3v) is 2.97. The Bertz CT molecular complexity index is 595. The molecular weight excluding hydrogens is 356 g/mol. The third kappa shape index (κ3) is 5.36. The van der Waals surface area contributed by atoms with Gasteiger partial charge in [-0.2, -0.15) is 0 Å². The van der Waals surface area contributed by atoms with E-state index >= 15 is 0 Å². The van der Waals surface area contributed by atoms with Crippen LogP contribution >= 0.6 is 15.9 Å². The van der Waals surface area contributed by atoms with Crippen molar-refractivity contribution in [2.45, 2.75) is 26.4 Å². The summed E-state index contributed by atoms with van der Waals surface area (Å²) in [5, 5.41) is 0. The molecule has 0 unspecified atom stereocenters. The molecule has 0 aromatic heterocycles. The van der Waals surface area contributed by atoms with Crippen molar-refractivity contribution in [2.24, 2.45) is 0 Å². The lowest BCUT2D eigenvalue weighted by Crippen LogP contribution is -2.44. The number of halogens is 1. The van der Waals surface area contributed by atoms with Gasteiger partial charge in [0.2, 0.25) is 0 Å². The van der Waals surface area contributed by atoms with E-state index in [-0.39, 0.29) is 5.56 Å². The molecule has 1 aromatic rings. The fourth-order valence-corrected chi connectivity index (χ4v) is 1.96. The summed E-state index contributed by atoms with van der Waals surface area (Å²) < 4.78 is 9.98. The maximum atomic E-state index is 11.9. The number of hydrogen-bond acceptors (Lipinski definition) is 5. The number of ether oxygens (including phenoxy) is 2. The van der Waals surface area contributed by atoms with Crippen LogP contribution in [0, 0.1) is 0 Å². The molecule has 0 radical (unpaired) electrons. The second-order valence-electron chi connectivity index (χ2n) is 5.27. The topological polar surface area (TPSA) is 93.7 Å². The van der Waals surface area contributed by atoms with Gasteiger partial charge in [-0.15, -0.1) is 0 Å². The molecule has 0 saturated carbocycles. The molecule has 0 heterocycles. The number of methoxy groups -OCH3 is 1. The summed E-state index contributed by atoms with van der Waals surface area (Å²) in [6.45, 7) is 5.12. The fraction of sp³-hybridized carbons (Fsp3) is 0.357. The minimum Gasteiger partial charge on any atom is -0.465 e. The largest absolute Gasteiger partial charge is 0.465 e. The molecule has 0 atom stereocenters. The van der Waals surface area contributed by atoms with Gasteiger partial charge in [0.25, 0.3) is 5.91 Å². The van der Waals surface area contributed by atoms with Crippen molar-refractivity contribution < 1.29 is 23.9 Å². The lowest BCUT2D eigenvalue weighted by atomic mass is 10.1. The highest BCUT2D eigenvalue weighted by molar-refractivity contribution is 9.10. The van der Waals surface area contributed by atoms with Crippen LogP contribution in [0.15, 0.2) is 22.7 Å². The average molecular weight is 373 g/mol. The summed E-state index contributed by atoms with van der Waals surface area (Å²) in [6.07, 6.45) is -0.772. The van der Waals surface area contributed by atoms with Gasteiger partial charge in [-0.25, -0.2) is 15.0 Å². The van der Waals surface area contributed by atoms with Crippen LogP contribution in [0.1, 0.15) is 41.5 Å². The Kier molecular flexibility index (Phi) is 5.92. The van der Waals surface area contributed by atoms with E-state index in [1.807, 2.05) is 0 Å². The molecule has 0 aliphatic heterocycles. The first kappa shape index (κ1) is 18.0. The molecule has 1 rings (SSSR count). The van der Waals surface area contributed by atoms with Crippen molar-refractivity contribution in [1.29, 1.82) is 0 Å². The SMILES string of the molecule is COC(=O)c1ccc(C(=O)NNC(=O)OC(C)(C)C)cc1Br. The molecule has 2 N–H and O–H groups in total. The normalized spacial score (nSPS) is 10.6. The van der Waals surface area contributed by atoms with E-state index in [9.17, 15) is 14.4 Å². The standard InChI is InChI=1S/C14H17BrN2O5/c1-14(2,3)22-13(20)17-16-11(18)8-5-6-9(10(15)7-8)12(19)21-4/h5-7H,1-4H3,(H,16,18)(H,17,20). The molecule has 1 aromatic carbocycles. The number of benzene rings is 1. The fourth-order valence-electron chi connectivity index (χ4n) is 1.42. The second kappa shape index (κ2) is 7.26. The van der Waals surface area contributed by atoms with Crippen LogP contribution in [0.25, 0.3) is 0 Å². The van der Waals surface area contributed by atoms with Crippen molar-refractivity contribution in [1.82, 2.24) is 10.9 Å². The van der Waals surface area contributed by atoms with Crippen molar-refractivity contribution in [3.63, 3.8) is 0 Å². The molecule has 0 aliphatic carbocycles. The molecule has 0 aliphatic rings. The average Bonchev–Trinajstić information content (AvgIpc) is 2.42. The van der Waals surface area contributed by atoms with Crippen molar-refractivity contribution in [2.75, 3.05) is 7.11 Å². The van der Waals surface area contributed by atoms with Gasteiger partial charge >= 0.3 is 12.1 Å². The molecule has 120 valence electrons. The summed E-state index contributed by atoms with van der Waals surface area (Å²) in [7, 11) is 1.26. The third-order valence-electron chi connectivity index (χ3n) is 2.31. The first-order valence-corrected chi connectivity index (χ1v) is 7.10. The maximum absolute atomic E-state index is 11.9. The quantitative estimate of drug-likeness (QED) is 0.613. The Morgan fingerprint density at radius 1 is 1.14 bits per heavy atom. The second-order valence-corrected chi connectivity index (χ2v) is 6.12. The monoisotopic (exact) mass is 372 g/mol. The van der Waals surface area contributed by atoms with Crippen molar-refractivity contribution >= 4 is 33.9 Å². The highest BCUT2D eigenvalue weighted by Gasteiger charge is 2.17. The van der Waals surface area contributed by atoms with Crippen LogP contribution < -0.4 is 10.9 Å². The van der Waals surface area contributed by atoms with Crippen molar-refractivity contribution in [3.05, 3.63) is 33.8 Å². The van der Waals surface area contributed by atoms with Crippen LogP contribution in [-0.4, -0.2) is 30.7 Å². The first-order valence-electron chi connectivity index (χ1n) is 6.31. The van der Waals surface area contributed by atoms with E-state index in [0.29, 0.717) is 10.0 Å². The Morgan fingerprint density at radius 2 is 1.77 bits per heavy atom. The summed E-state index contributed by atoms with van der Waals surface area (Å²) in [4.78, 5) is 34.8. The van der Waals surface area contributed by atoms with E-state index in [4.69, 9.17) is 4.74 Å². The molecule has 0 fully saturated rings. The molecule has 2 amide bonds. The predicted octanol–water partition coefficient (Wildman–Crippen LogP) is 2.41. The van der Waals surface area contributed by atoms with E-state index in [2.05, 4.69) is 31.5 Å². The number of hydrazine groups is 1. The highest BCUT2D eigenvalue weighted by atomic mass is 79.9. The number of amides is 2. The van der Waals surface area contributed by atoms with Gasteiger partial charge in [0.1, 0.15) is 5.60 Å². The van der Waals surface area contributed by atoms with Crippen LogP contribution in [0.5, 0.6) is 0 Å². The highest BCUT2D eigenvalue weighted by Crippen LogP contribution is 2.19. The molecule has 0 bridgehead atoms. The van der Waals surface area contributed by atoms with E-state index < -0.39 is 23.6 Å². The zero-order chi connectivity index (χ0) is 16.9. The number of carbonyl (C=O) groups is 3. The summed E-state index contributed by atoms with van der Waals surface area (Å²) in [6, 6.07) is 4.32. The molecule has 7 nitrogen and oxygen atoms in total. The number of rotatable bonds is 2. The summed E-state index contributed by atoms with van der Waals surface area (Å²) in [5.41, 5.74) is 4.22. The molecule has 8 heteroatoms. The van der Waals surface area contributed by atoms with Gasteiger partial charge < -0.3 is 9.47 Å². The molecule has 22 heavy (non-hydrogen) atoms. The predicted molar refractivity (Wildman–Crippen MR) is 82.3 cm³/mol. The van der Waals surface area contributed by atoms with Gasteiger partial charge in [0.15, 0.2) is 0 Å². The first-order chi connectivity index (χ1) is 10.1. The smallest absolute Gasteiger partial charge is 0.426 e. The van der Waals surface area contributed by atoms with Gasteiger partial charge in [-0.1, -0.05) is 0 Å². The lowest BCUT2D eigenvalue weighted by molar-refractivity contribution is 0.0483. The van der Waals surface area contributed by atoms with Crippen molar-refractivity contribution in [3.8, 4) is 0 Å². The van der Waals surface area contributed by atoms with E-state index in [1.54, 1.807) is 20.8 Å². The zero-order valence-electron chi connectivity index (χ0n) is 12.7. The minimum atomic E-state index is -0.772. The summed E-state index contributed by atoms with van der Waals surface area (Å²) >= 11 is 3.18. The van der Waals surface area contributed by atoms with E-state index in [1.165, 1.54) is 25.3 Å². The number of esters is 1. The van der Waals surface area contributed by atoms with Gasteiger partial charge in [0, 0.05) is 10.0 Å². The minimum absolute atomic E-state index is 0.246. The van der Waals surface area contributed by atoms with Crippen LogP contribution in [0.3, 0.4) is 0 Å². The lowest BCUT2D eigenvalue weighted by Gasteiger charge is -2.19. The number of hydrogen-bond donors (Lipinski definition) is 2. The maximum Gasteiger partial charge on any atom is 0.426 e. The zero-order valence-corrected chi connectivity index (χ0v) is 14.2. The van der Waals surface area contributed by atoms with Gasteiger partial charge in [-0.3, -0.25) is 10.2 Å². The van der Waals surface area contributed by atoms with Gasteiger partial charge in [-0.05, 0) is 54.9 Å². The molecule has 0 saturated heterocycles. The molecule has 0 spiro atoms. The molecular formula is C14H17BrN2O5. The van der Waals surface area contributed by atoms with E-state index in [0.717, 1.165) is 0 Å². The Balaban J connectivity index is 2.69. The van der Waals surface area contributed by atoms with Crippen LogP contribution in [-0.2, 0) is 9.47 Å².